The first-order valence-corrected chi connectivity index (χ1v) is 15.4. The molecule has 2 heterocycles. The van der Waals surface area contributed by atoms with Crippen LogP contribution in [-0.2, 0) is 6.42 Å². The molecule has 1 atom stereocenters. The van der Waals surface area contributed by atoms with Gasteiger partial charge >= 0.3 is 0 Å². The summed E-state index contributed by atoms with van der Waals surface area (Å²) in [6.45, 7) is 0. The molecule has 212 valence electrons. The Morgan fingerprint density at radius 3 is 1.87 bits per heavy atom. The standard InChI is InChI=1S/C42H28N2O/c1-3-11-27(12-4-1)37-26-38(28-13-5-2-6-14-28)44-42(43-37)32-16-9-15-29(23-32)30-21-22-31-25-36-33-17-7-8-19-39(33)45-40-20-10-18-34(41(36)40)35(31)24-30/h1-24,26,36H,25H2. The van der Waals surface area contributed by atoms with Crippen molar-refractivity contribution in [1.82, 2.24) is 9.97 Å². The minimum absolute atomic E-state index is 0.302. The Kier molecular flexibility index (Phi) is 5.95. The van der Waals surface area contributed by atoms with Gasteiger partial charge in [-0.3, -0.25) is 0 Å². The van der Waals surface area contributed by atoms with Crippen LogP contribution >= 0.6 is 0 Å². The predicted molar refractivity (Wildman–Crippen MR) is 181 cm³/mol. The van der Waals surface area contributed by atoms with Gasteiger partial charge in [-0.15, -0.1) is 0 Å². The average Bonchev–Trinajstić information content (AvgIpc) is 3.12. The summed E-state index contributed by atoms with van der Waals surface area (Å²) in [7, 11) is 0. The number of nitrogens with zero attached hydrogens (tertiary/aromatic N) is 2. The van der Waals surface area contributed by atoms with Crippen molar-refractivity contribution in [1.29, 1.82) is 0 Å². The molecule has 0 fully saturated rings. The van der Waals surface area contributed by atoms with Crippen LogP contribution in [0.4, 0.5) is 0 Å². The van der Waals surface area contributed by atoms with Crippen LogP contribution in [0, 0.1) is 0 Å². The van der Waals surface area contributed by atoms with Gasteiger partial charge in [0.15, 0.2) is 5.82 Å². The van der Waals surface area contributed by atoms with Crippen LogP contribution in [-0.4, -0.2) is 9.97 Å². The minimum Gasteiger partial charge on any atom is -0.457 e. The fourth-order valence-corrected chi connectivity index (χ4v) is 6.91. The Labute approximate surface area is 262 Å². The summed E-state index contributed by atoms with van der Waals surface area (Å²) in [6.07, 6.45) is 0.961. The van der Waals surface area contributed by atoms with Crippen LogP contribution in [0.5, 0.6) is 11.5 Å². The van der Waals surface area contributed by atoms with Crippen molar-refractivity contribution in [2.24, 2.45) is 0 Å². The second-order valence-electron chi connectivity index (χ2n) is 11.8. The third kappa shape index (κ3) is 4.44. The smallest absolute Gasteiger partial charge is 0.160 e. The number of benzene rings is 6. The fraction of sp³-hybridized carbons (Fsp3) is 0.0476. The van der Waals surface area contributed by atoms with Crippen LogP contribution in [0.3, 0.4) is 0 Å². The molecule has 3 heteroatoms. The molecule has 1 unspecified atom stereocenters. The van der Waals surface area contributed by atoms with Crippen molar-refractivity contribution >= 4 is 0 Å². The second kappa shape index (κ2) is 10.4. The fourth-order valence-electron chi connectivity index (χ4n) is 6.91. The van der Waals surface area contributed by atoms with Crippen LogP contribution in [0.25, 0.3) is 56.2 Å². The molecule has 1 aromatic heterocycles. The molecule has 3 nitrogen and oxygen atoms in total. The van der Waals surface area contributed by atoms with Gasteiger partial charge < -0.3 is 4.74 Å². The van der Waals surface area contributed by atoms with Gasteiger partial charge in [0.25, 0.3) is 0 Å². The van der Waals surface area contributed by atoms with E-state index in [9.17, 15) is 0 Å². The number of rotatable bonds is 4. The molecule has 1 aliphatic heterocycles. The molecule has 1 aliphatic carbocycles. The summed E-state index contributed by atoms with van der Waals surface area (Å²) in [4.78, 5) is 10.1. The third-order valence-electron chi connectivity index (χ3n) is 9.07. The lowest BCUT2D eigenvalue weighted by Crippen LogP contribution is -2.17. The van der Waals surface area contributed by atoms with E-state index in [4.69, 9.17) is 14.7 Å². The molecule has 0 saturated carbocycles. The number of fused-ring (bicyclic) bond motifs is 4. The summed E-state index contributed by atoms with van der Waals surface area (Å²) >= 11 is 0. The van der Waals surface area contributed by atoms with Crippen molar-refractivity contribution < 1.29 is 4.74 Å². The number of para-hydroxylation sites is 1. The zero-order valence-corrected chi connectivity index (χ0v) is 24.5. The van der Waals surface area contributed by atoms with Crippen molar-refractivity contribution in [3.05, 3.63) is 168 Å². The molecule has 0 saturated heterocycles. The molecular formula is C42H28N2O. The van der Waals surface area contributed by atoms with Gasteiger partial charge in [-0.1, -0.05) is 121 Å². The highest BCUT2D eigenvalue weighted by Gasteiger charge is 2.34. The van der Waals surface area contributed by atoms with E-state index >= 15 is 0 Å². The SMILES string of the molecule is c1ccc(-c2cc(-c3ccccc3)nc(-c3cccc(-c4ccc5c(c4)-c4cccc6c4C(C5)c4ccccc4O6)c3)n2)cc1. The normalized spacial score (nSPS) is 14.1. The first-order valence-electron chi connectivity index (χ1n) is 15.4. The molecule has 7 aromatic rings. The predicted octanol–water partition coefficient (Wildman–Crippen LogP) is 10.6. The summed E-state index contributed by atoms with van der Waals surface area (Å²) < 4.78 is 6.39. The summed E-state index contributed by atoms with van der Waals surface area (Å²) in [6, 6.07) is 53.2. The average molecular weight is 577 g/mol. The molecule has 0 bridgehead atoms. The second-order valence-corrected chi connectivity index (χ2v) is 11.8. The van der Waals surface area contributed by atoms with E-state index in [2.05, 4.69) is 115 Å². The van der Waals surface area contributed by atoms with E-state index < -0.39 is 0 Å². The Hall–Kier alpha value is -5.80. The number of aromatic nitrogens is 2. The topological polar surface area (TPSA) is 35.0 Å². The highest BCUT2D eigenvalue weighted by molar-refractivity contribution is 5.84. The molecule has 6 aromatic carbocycles. The lowest BCUT2D eigenvalue weighted by Gasteiger charge is -2.34. The Balaban J connectivity index is 1.14. The van der Waals surface area contributed by atoms with Crippen molar-refractivity contribution in [2.75, 3.05) is 0 Å². The zero-order valence-electron chi connectivity index (χ0n) is 24.5. The minimum atomic E-state index is 0.302. The Morgan fingerprint density at radius 1 is 0.467 bits per heavy atom. The monoisotopic (exact) mass is 576 g/mol. The lowest BCUT2D eigenvalue weighted by molar-refractivity contribution is 0.444. The molecule has 0 amide bonds. The lowest BCUT2D eigenvalue weighted by atomic mass is 9.73. The molecule has 45 heavy (non-hydrogen) atoms. The Morgan fingerprint density at radius 2 is 1.09 bits per heavy atom. The van der Waals surface area contributed by atoms with Gasteiger partial charge in [0.2, 0.25) is 0 Å². The van der Waals surface area contributed by atoms with Gasteiger partial charge in [0.05, 0.1) is 11.4 Å². The Bertz CT molecular complexity index is 2170. The van der Waals surface area contributed by atoms with E-state index in [1.54, 1.807) is 0 Å². The summed E-state index contributed by atoms with van der Waals surface area (Å²) in [5.41, 5.74) is 13.7. The maximum Gasteiger partial charge on any atom is 0.160 e. The quantitative estimate of drug-likeness (QED) is 0.209. The van der Waals surface area contributed by atoms with E-state index in [0.717, 1.165) is 51.6 Å². The number of ether oxygens (including phenoxy) is 1. The molecule has 2 aliphatic rings. The van der Waals surface area contributed by atoms with Crippen molar-refractivity contribution in [2.45, 2.75) is 12.3 Å². The van der Waals surface area contributed by atoms with Gasteiger partial charge in [0, 0.05) is 33.7 Å². The van der Waals surface area contributed by atoms with E-state index in [1.807, 2.05) is 36.4 Å². The highest BCUT2D eigenvalue weighted by atomic mass is 16.5. The van der Waals surface area contributed by atoms with E-state index in [0.29, 0.717) is 11.7 Å². The van der Waals surface area contributed by atoms with Gasteiger partial charge in [-0.25, -0.2) is 9.97 Å². The summed E-state index contributed by atoms with van der Waals surface area (Å²) in [5.74, 6) is 2.96. The summed E-state index contributed by atoms with van der Waals surface area (Å²) in [5, 5.41) is 0. The van der Waals surface area contributed by atoms with Crippen LogP contribution in [0.1, 0.15) is 22.6 Å². The number of hydrogen-bond donors (Lipinski definition) is 0. The maximum absolute atomic E-state index is 6.39. The van der Waals surface area contributed by atoms with Crippen molar-refractivity contribution in [3.8, 4) is 67.7 Å². The zero-order chi connectivity index (χ0) is 29.7. The van der Waals surface area contributed by atoms with E-state index in [1.165, 1.54) is 33.4 Å². The van der Waals surface area contributed by atoms with Crippen molar-refractivity contribution in [3.63, 3.8) is 0 Å². The van der Waals surface area contributed by atoms with Crippen LogP contribution < -0.4 is 4.74 Å². The van der Waals surface area contributed by atoms with E-state index in [-0.39, 0.29) is 0 Å². The molecular weight excluding hydrogens is 548 g/mol. The third-order valence-corrected chi connectivity index (χ3v) is 9.07. The first kappa shape index (κ1) is 25.7. The molecule has 9 rings (SSSR count). The first-order chi connectivity index (χ1) is 22.3. The van der Waals surface area contributed by atoms with Crippen LogP contribution in [0.2, 0.25) is 0 Å². The molecule has 0 radical (unpaired) electrons. The van der Waals surface area contributed by atoms with Crippen LogP contribution in [0.15, 0.2) is 152 Å². The maximum atomic E-state index is 6.39. The largest absolute Gasteiger partial charge is 0.457 e. The molecule has 0 N–H and O–H groups in total. The highest BCUT2D eigenvalue weighted by Crippen LogP contribution is 2.53. The number of hydrogen-bond acceptors (Lipinski definition) is 3. The van der Waals surface area contributed by atoms with Gasteiger partial charge in [-0.2, -0.15) is 0 Å². The van der Waals surface area contributed by atoms with Gasteiger partial charge in [0.1, 0.15) is 11.5 Å². The van der Waals surface area contributed by atoms with Gasteiger partial charge in [-0.05, 0) is 64.6 Å². The molecule has 0 spiro atoms.